The van der Waals surface area contributed by atoms with E-state index in [9.17, 15) is 10.2 Å². The first-order valence-electron chi connectivity index (χ1n) is 9.41. The molecular formula is C22H28O7. The molecule has 7 heteroatoms. The number of phenolic OH excluding ortho intramolecular Hbond substituents is 2. The van der Waals surface area contributed by atoms with Gasteiger partial charge in [0.1, 0.15) is 0 Å². The Labute approximate surface area is 170 Å². The minimum Gasteiger partial charge on any atom is -0.502 e. The molecule has 4 atom stereocenters. The second-order valence-corrected chi connectivity index (χ2v) is 7.24. The molecule has 2 aromatic carbocycles. The highest BCUT2D eigenvalue weighted by Crippen LogP contribution is 2.52. The van der Waals surface area contributed by atoms with Gasteiger partial charge in [-0.2, -0.15) is 0 Å². The normalized spacial score (nSPS) is 23.7. The Hall–Kier alpha value is -2.80. The van der Waals surface area contributed by atoms with Crippen LogP contribution < -0.4 is 18.9 Å². The molecule has 2 N–H and O–H groups in total. The van der Waals surface area contributed by atoms with Crippen LogP contribution in [0, 0.1) is 11.8 Å². The molecule has 29 heavy (non-hydrogen) atoms. The lowest BCUT2D eigenvalue weighted by molar-refractivity contribution is 0.0285. The van der Waals surface area contributed by atoms with Gasteiger partial charge in [0.25, 0.3) is 0 Å². The van der Waals surface area contributed by atoms with Gasteiger partial charge in [-0.1, -0.05) is 13.8 Å². The Bertz CT molecular complexity index is 758. The predicted octanol–water partition coefficient (Wildman–Crippen LogP) is 4.22. The fraction of sp³-hybridized carbons (Fsp3) is 0.455. The van der Waals surface area contributed by atoms with Crippen LogP contribution in [0.5, 0.6) is 34.5 Å². The number of aromatic hydroxyl groups is 2. The van der Waals surface area contributed by atoms with Gasteiger partial charge in [-0.3, -0.25) is 0 Å². The fourth-order valence-electron chi connectivity index (χ4n) is 3.88. The van der Waals surface area contributed by atoms with Crippen LogP contribution in [0.15, 0.2) is 24.3 Å². The molecule has 0 saturated carbocycles. The Morgan fingerprint density at radius 1 is 0.621 bits per heavy atom. The predicted molar refractivity (Wildman–Crippen MR) is 107 cm³/mol. The average Bonchev–Trinajstić information content (AvgIpc) is 3.03. The summed E-state index contributed by atoms with van der Waals surface area (Å²) in [4.78, 5) is 0. The van der Waals surface area contributed by atoms with Crippen LogP contribution in [-0.4, -0.2) is 38.7 Å². The van der Waals surface area contributed by atoms with E-state index in [4.69, 9.17) is 23.7 Å². The van der Waals surface area contributed by atoms with Crippen molar-refractivity contribution >= 4 is 0 Å². The topological polar surface area (TPSA) is 86.6 Å². The number of ether oxygens (including phenoxy) is 5. The minimum absolute atomic E-state index is 0.0398. The lowest BCUT2D eigenvalue weighted by Gasteiger charge is -2.19. The van der Waals surface area contributed by atoms with E-state index in [1.165, 1.54) is 28.4 Å². The summed E-state index contributed by atoms with van der Waals surface area (Å²) in [7, 11) is 5.99. The van der Waals surface area contributed by atoms with Crippen LogP contribution in [-0.2, 0) is 4.74 Å². The van der Waals surface area contributed by atoms with E-state index in [0.29, 0.717) is 23.0 Å². The number of hydrogen-bond donors (Lipinski definition) is 2. The molecule has 3 rings (SSSR count). The third-order valence-electron chi connectivity index (χ3n) is 5.74. The first-order valence-corrected chi connectivity index (χ1v) is 9.41. The number of hydrogen-bond acceptors (Lipinski definition) is 7. The van der Waals surface area contributed by atoms with Crippen molar-refractivity contribution in [3.05, 3.63) is 35.4 Å². The molecule has 1 unspecified atom stereocenters. The maximum atomic E-state index is 10.2. The molecule has 158 valence electrons. The molecule has 0 bridgehead atoms. The minimum atomic E-state index is -0.232. The number of phenols is 2. The monoisotopic (exact) mass is 404 g/mol. The van der Waals surface area contributed by atoms with Gasteiger partial charge in [0.05, 0.1) is 40.6 Å². The Morgan fingerprint density at radius 2 is 0.897 bits per heavy atom. The maximum absolute atomic E-state index is 10.2. The van der Waals surface area contributed by atoms with Crippen molar-refractivity contribution in [2.24, 2.45) is 11.8 Å². The third-order valence-corrected chi connectivity index (χ3v) is 5.74. The standard InChI is InChI=1S/C22H28O7/c1-11-12(2)22(14-9-17(27-5)20(24)18(10-14)28-6)29-21(11)13-7-15(25-3)19(23)16(8-13)26-4/h7-12,21-24H,1-6H3/t11-,12-,21-,22?/m0/s1. The zero-order valence-electron chi connectivity index (χ0n) is 17.6. The van der Waals surface area contributed by atoms with Gasteiger partial charge in [0, 0.05) is 0 Å². The summed E-state index contributed by atoms with van der Waals surface area (Å²) in [6.07, 6.45) is -0.464. The molecule has 2 aromatic rings. The Balaban J connectivity index is 2.00. The van der Waals surface area contributed by atoms with E-state index in [-0.39, 0.29) is 35.5 Å². The SMILES string of the molecule is COc1cc(C2O[C@H](c3cc(OC)c(O)c(OC)c3)[C@@H](C)[C@@H]2C)cc(OC)c1O. The highest BCUT2D eigenvalue weighted by Gasteiger charge is 2.41. The zero-order valence-corrected chi connectivity index (χ0v) is 17.6. The lowest BCUT2D eigenvalue weighted by Crippen LogP contribution is -2.10. The first-order chi connectivity index (χ1) is 13.9. The fourth-order valence-corrected chi connectivity index (χ4v) is 3.88. The highest BCUT2D eigenvalue weighted by atomic mass is 16.5. The molecule has 1 aliphatic heterocycles. The highest BCUT2D eigenvalue weighted by molar-refractivity contribution is 5.55. The van der Waals surface area contributed by atoms with E-state index >= 15 is 0 Å². The average molecular weight is 404 g/mol. The molecule has 0 spiro atoms. The molecule has 1 fully saturated rings. The van der Waals surface area contributed by atoms with E-state index in [1.54, 1.807) is 24.3 Å². The van der Waals surface area contributed by atoms with Crippen LogP contribution in [0.2, 0.25) is 0 Å². The summed E-state index contributed by atoms with van der Waals surface area (Å²) in [5.41, 5.74) is 1.71. The van der Waals surface area contributed by atoms with Crippen molar-refractivity contribution in [1.82, 2.24) is 0 Å². The van der Waals surface area contributed by atoms with Crippen LogP contribution in [0.3, 0.4) is 0 Å². The van der Waals surface area contributed by atoms with Crippen molar-refractivity contribution in [2.45, 2.75) is 26.1 Å². The second kappa shape index (κ2) is 8.29. The quantitative estimate of drug-likeness (QED) is 0.745. The summed E-state index contributed by atoms with van der Waals surface area (Å²) in [6.45, 7) is 4.24. The molecule has 0 radical (unpaired) electrons. The van der Waals surface area contributed by atoms with Crippen LogP contribution >= 0.6 is 0 Å². The lowest BCUT2D eigenvalue weighted by atomic mass is 9.85. The summed E-state index contributed by atoms with van der Waals surface area (Å²) >= 11 is 0. The van der Waals surface area contributed by atoms with Gasteiger partial charge in [-0.25, -0.2) is 0 Å². The third kappa shape index (κ3) is 3.62. The van der Waals surface area contributed by atoms with Crippen LogP contribution in [0.25, 0.3) is 0 Å². The number of methoxy groups -OCH3 is 4. The molecule has 0 amide bonds. The molecule has 7 nitrogen and oxygen atoms in total. The maximum Gasteiger partial charge on any atom is 0.200 e. The Morgan fingerprint density at radius 3 is 1.14 bits per heavy atom. The molecule has 0 aliphatic carbocycles. The van der Waals surface area contributed by atoms with Gasteiger partial charge in [0.15, 0.2) is 23.0 Å². The Kier molecular flexibility index (Phi) is 5.98. The van der Waals surface area contributed by atoms with Crippen molar-refractivity contribution in [1.29, 1.82) is 0 Å². The summed E-state index contributed by atoms with van der Waals surface area (Å²) < 4.78 is 27.6. The molecule has 0 aromatic heterocycles. The van der Waals surface area contributed by atoms with Gasteiger partial charge < -0.3 is 33.9 Å². The van der Waals surface area contributed by atoms with Crippen molar-refractivity contribution in [3.8, 4) is 34.5 Å². The van der Waals surface area contributed by atoms with Crippen molar-refractivity contribution < 1.29 is 33.9 Å². The summed E-state index contributed by atoms with van der Waals surface area (Å²) in [5.74, 6) is 1.59. The molecule has 1 saturated heterocycles. The van der Waals surface area contributed by atoms with Gasteiger partial charge >= 0.3 is 0 Å². The molecule has 1 aliphatic rings. The van der Waals surface area contributed by atoms with E-state index in [0.717, 1.165) is 11.1 Å². The van der Waals surface area contributed by atoms with E-state index in [2.05, 4.69) is 13.8 Å². The zero-order chi connectivity index (χ0) is 21.3. The van der Waals surface area contributed by atoms with Crippen LogP contribution in [0.4, 0.5) is 0 Å². The van der Waals surface area contributed by atoms with E-state index < -0.39 is 0 Å². The van der Waals surface area contributed by atoms with Gasteiger partial charge in [-0.15, -0.1) is 0 Å². The van der Waals surface area contributed by atoms with Crippen LogP contribution in [0.1, 0.15) is 37.2 Å². The number of benzene rings is 2. The van der Waals surface area contributed by atoms with E-state index in [1.807, 2.05) is 0 Å². The largest absolute Gasteiger partial charge is 0.502 e. The number of rotatable bonds is 6. The smallest absolute Gasteiger partial charge is 0.200 e. The first kappa shape index (κ1) is 20.9. The van der Waals surface area contributed by atoms with Gasteiger partial charge in [0.2, 0.25) is 11.5 Å². The molecule has 1 heterocycles. The van der Waals surface area contributed by atoms with Crippen molar-refractivity contribution in [3.63, 3.8) is 0 Å². The summed E-state index contributed by atoms with van der Waals surface area (Å²) in [5, 5.41) is 20.4. The van der Waals surface area contributed by atoms with Gasteiger partial charge in [-0.05, 0) is 47.2 Å². The second-order valence-electron chi connectivity index (χ2n) is 7.24. The summed E-state index contributed by atoms with van der Waals surface area (Å²) in [6, 6.07) is 7.08. The molecular weight excluding hydrogens is 376 g/mol. The van der Waals surface area contributed by atoms with Crippen molar-refractivity contribution in [2.75, 3.05) is 28.4 Å².